The van der Waals surface area contributed by atoms with Crippen LogP contribution < -0.4 is 4.74 Å². The first kappa shape index (κ1) is 21.9. The van der Waals surface area contributed by atoms with E-state index in [1.165, 1.54) is 5.56 Å². The van der Waals surface area contributed by atoms with Crippen LogP contribution in [0.4, 0.5) is 0 Å². The SMILES string of the molecule is CC(C)(CO)c1ccc(O)cc1.CC1(C)COc2cc3oc(-c4ccccc4)nc3cc21. The van der Waals surface area contributed by atoms with Crippen LogP contribution in [-0.2, 0) is 10.8 Å². The van der Waals surface area contributed by atoms with Gasteiger partial charge in [-0.25, -0.2) is 4.98 Å². The third kappa shape index (κ3) is 4.34. The number of rotatable bonds is 3. The van der Waals surface area contributed by atoms with Gasteiger partial charge >= 0.3 is 0 Å². The maximum atomic E-state index is 9.05. The quantitative estimate of drug-likeness (QED) is 0.427. The molecule has 2 N–H and O–H groups in total. The summed E-state index contributed by atoms with van der Waals surface area (Å²) in [6, 6.07) is 20.9. The maximum Gasteiger partial charge on any atom is 0.227 e. The number of aromatic nitrogens is 1. The largest absolute Gasteiger partial charge is 0.508 e. The fourth-order valence-electron chi connectivity index (χ4n) is 3.65. The summed E-state index contributed by atoms with van der Waals surface area (Å²) in [5.41, 5.74) is 4.70. The summed E-state index contributed by atoms with van der Waals surface area (Å²) in [5, 5.41) is 18.1. The fraction of sp³-hybridized carbons (Fsp3) is 0.296. The van der Waals surface area contributed by atoms with E-state index in [9.17, 15) is 0 Å². The smallest absolute Gasteiger partial charge is 0.227 e. The third-order valence-corrected chi connectivity index (χ3v) is 5.87. The van der Waals surface area contributed by atoms with Crippen molar-refractivity contribution in [3.63, 3.8) is 0 Å². The van der Waals surface area contributed by atoms with Crippen LogP contribution in [0.15, 0.2) is 71.1 Å². The molecule has 0 amide bonds. The van der Waals surface area contributed by atoms with Gasteiger partial charge in [-0.2, -0.15) is 0 Å². The van der Waals surface area contributed by atoms with Gasteiger partial charge in [0.15, 0.2) is 5.58 Å². The first-order chi connectivity index (χ1) is 15.2. The van der Waals surface area contributed by atoms with E-state index in [-0.39, 0.29) is 23.2 Å². The molecule has 1 aromatic heterocycles. The summed E-state index contributed by atoms with van der Waals surface area (Å²) in [5.74, 6) is 1.83. The lowest BCUT2D eigenvalue weighted by atomic mass is 9.86. The molecule has 0 saturated heterocycles. The molecule has 166 valence electrons. The van der Waals surface area contributed by atoms with E-state index in [1.54, 1.807) is 12.1 Å². The van der Waals surface area contributed by atoms with Crippen molar-refractivity contribution >= 4 is 11.1 Å². The topological polar surface area (TPSA) is 75.7 Å². The Morgan fingerprint density at radius 1 is 1.00 bits per heavy atom. The average molecular weight is 432 g/mol. The summed E-state index contributed by atoms with van der Waals surface area (Å²) in [7, 11) is 0. The van der Waals surface area contributed by atoms with Crippen molar-refractivity contribution in [2.75, 3.05) is 13.2 Å². The number of aromatic hydroxyl groups is 1. The highest BCUT2D eigenvalue weighted by Crippen LogP contribution is 2.41. The molecule has 0 fully saturated rings. The second-order valence-corrected chi connectivity index (χ2v) is 9.46. The zero-order valence-electron chi connectivity index (χ0n) is 18.9. The van der Waals surface area contributed by atoms with Gasteiger partial charge in [-0.3, -0.25) is 0 Å². The van der Waals surface area contributed by atoms with E-state index in [4.69, 9.17) is 19.4 Å². The van der Waals surface area contributed by atoms with Gasteiger partial charge in [0.2, 0.25) is 5.89 Å². The summed E-state index contributed by atoms with van der Waals surface area (Å²) >= 11 is 0. The van der Waals surface area contributed by atoms with Crippen molar-refractivity contribution < 1.29 is 19.4 Å². The predicted molar refractivity (Wildman–Crippen MR) is 126 cm³/mol. The number of hydrogen-bond acceptors (Lipinski definition) is 5. The number of oxazole rings is 1. The average Bonchev–Trinajstić information content (AvgIpc) is 3.34. The third-order valence-electron chi connectivity index (χ3n) is 5.87. The van der Waals surface area contributed by atoms with Crippen LogP contribution in [0.25, 0.3) is 22.6 Å². The summed E-state index contributed by atoms with van der Waals surface area (Å²) in [4.78, 5) is 4.60. The van der Waals surface area contributed by atoms with Gasteiger partial charge < -0.3 is 19.4 Å². The lowest BCUT2D eigenvalue weighted by molar-refractivity contribution is 0.218. The van der Waals surface area contributed by atoms with Crippen molar-refractivity contribution in [3.8, 4) is 23.0 Å². The van der Waals surface area contributed by atoms with Crippen LogP contribution in [0.5, 0.6) is 11.5 Å². The molecule has 0 atom stereocenters. The number of aliphatic hydroxyl groups is 1. The Bertz CT molecular complexity index is 1210. The van der Waals surface area contributed by atoms with Crippen LogP contribution in [0.2, 0.25) is 0 Å². The number of fused-ring (bicyclic) bond motifs is 2. The predicted octanol–water partition coefficient (Wildman–Crippen LogP) is 5.83. The first-order valence-electron chi connectivity index (χ1n) is 10.7. The van der Waals surface area contributed by atoms with E-state index in [0.717, 1.165) is 28.0 Å². The lowest BCUT2D eigenvalue weighted by Gasteiger charge is -2.21. The number of nitrogens with zero attached hydrogens (tertiary/aromatic N) is 1. The van der Waals surface area contributed by atoms with Crippen LogP contribution in [-0.4, -0.2) is 28.4 Å². The van der Waals surface area contributed by atoms with Gasteiger partial charge in [0.25, 0.3) is 0 Å². The van der Waals surface area contributed by atoms with Gasteiger partial charge in [0, 0.05) is 28.0 Å². The van der Waals surface area contributed by atoms with E-state index >= 15 is 0 Å². The Labute approximate surface area is 188 Å². The molecular weight excluding hydrogens is 402 g/mol. The minimum atomic E-state index is -0.228. The summed E-state index contributed by atoms with van der Waals surface area (Å²) < 4.78 is 11.6. The Morgan fingerprint density at radius 2 is 1.69 bits per heavy atom. The lowest BCUT2D eigenvalue weighted by Crippen LogP contribution is -2.21. The molecule has 0 bridgehead atoms. The highest BCUT2D eigenvalue weighted by atomic mass is 16.5. The number of phenolic OH excluding ortho intramolecular Hbond substituents is 1. The molecule has 5 nitrogen and oxygen atoms in total. The minimum absolute atomic E-state index is 0.0371. The molecule has 2 heterocycles. The fourth-order valence-corrected chi connectivity index (χ4v) is 3.65. The van der Waals surface area contributed by atoms with Crippen molar-refractivity contribution in [1.82, 2.24) is 4.98 Å². The van der Waals surface area contributed by atoms with Crippen molar-refractivity contribution in [2.45, 2.75) is 38.5 Å². The van der Waals surface area contributed by atoms with E-state index in [1.807, 2.05) is 62.4 Å². The monoisotopic (exact) mass is 431 g/mol. The van der Waals surface area contributed by atoms with E-state index < -0.39 is 0 Å². The van der Waals surface area contributed by atoms with Crippen LogP contribution in [0.3, 0.4) is 0 Å². The Hall–Kier alpha value is -3.31. The molecule has 5 heteroatoms. The number of phenols is 1. The molecule has 0 spiro atoms. The standard InChI is InChI=1S/C17H15NO2.C10H14O2/c1-17(2)10-19-14-9-15-13(8-12(14)17)18-16(20-15)11-6-4-3-5-7-11;1-10(2,7-11)8-3-5-9(12)6-4-8/h3-9H,10H2,1-2H3;3-6,11-12H,7H2,1-2H3. The van der Waals surface area contributed by atoms with Gasteiger partial charge in [-0.1, -0.05) is 58.0 Å². The molecule has 0 unspecified atom stereocenters. The van der Waals surface area contributed by atoms with E-state index in [2.05, 4.69) is 24.9 Å². The molecule has 0 aliphatic carbocycles. The highest BCUT2D eigenvalue weighted by Gasteiger charge is 2.32. The molecule has 1 aliphatic heterocycles. The molecule has 0 radical (unpaired) electrons. The Balaban J connectivity index is 0.000000176. The molecule has 3 aromatic carbocycles. The molecule has 4 aromatic rings. The number of ether oxygens (including phenoxy) is 1. The van der Waals surface area contributed by atoms with Crippen molar-refractivity contribution in [2.24, 2.45) is 0 Å². The van der Waals surface area contributed by atoms with Gasteiger partial charge in [0.05, 0.1) is 13.2 Å². The van der Waals surface area contributed by atoms with Gasteiger partial charge in [0.1, 0.15) is 17.0 Å². The number of hydrogen-bond donors (Lipinski definition) is 2. The zero-order chi connectivity index (χ0) is 22.9. The van der Waals surface area contributed by atoms with Crippen molar-refractivity contribution in [3.05, 3.63) is 77.9 Å². The van der Waals surface area contributed by atoms with Crippen LogP contribution in [0, 0.1) is 0 Å². The molecule has 32 heavy (non-hydrogen) atoms. The maximum absolute atomic E-state index is 9.05. The highest BCUT2D eigenvalue weighted by molar-refractivity contribution is 5.80. The second-order valence-electron chi connectivity index (χ2n) is 9.46. The van der Waals surface area contributed by atoms with Crippen molar-refractivity contribution in [1.29, 1.82) is 0 Å². The molecular formula is C27H29NO4. The van der Waals surface area contributed by atoms with Gasteiger partial charge in [-0.05, 0) is 35.9 Å². The molecule has 5 rings (SSSR count). The van der Waals surface area contributed by atoms with Crippen LogP contribution in [0.1, 0.15) is 38.8 Å². The summed E-state index contributed by atoms with van der Waals surface area (Å²) in [6.07, 6.45) is 0. The Morgan fingerprint density at radius 3 is 2.34 bits per heavy atom. The summed E-state index contributed by atoms with van der Waals surface area (Å²) in [6.45, 7) is 9.10. The minimum Gasteiger partial charge on any atom is -0.508 e. The molecule has 1 aliphatic rings. The number of benzene rings is 3. The first-order valence-corrected chi connectivity index (χ1v) is 10.7. The molecule has 0 saturated carbocycles. The second kappa shape index (κ2) is 8.32. The Kier molecular flexibility index (Phi) is 5.70. The zero-order valence-corrected chi connectivity index (χ0v) is 18.9. The normalized spacial score (nSPS) is 14.4. The van der Waals surface area contributed by atoms with Gasteiger partial charge in [-0.15, -0.1) is 0 Å². The van der Waals surface area contributed by atoms with Crippen LogP contribution >= 0.6 is 0 Å². The van der Waals surface area contributed by atoms with E-state index in [0.29, 0.717) is 12.5 Å². The number of aliphatic hydroxyl groups excluding tert-OH is 1.